The summed E-state index contributed by atoms with van der Waals surface area (Å²) >= 11 is 0. The van der Waals surface area contributed by atoms with E-state index in [9.17, 15) is 4.79 Å². The molecule has 1 aliphatic carbocycles. The summed E-state index contributed by atoms with van der Waals surface area (Å²) in [5.74, 6) is 2.16. The first-order valence-electron chi connectivity index (χ1n) is 7.39. The molecule has 0 radical (unpaired) electrons. The number of benzene rings is 1. The number of ketones is 1. The fourth-order valence-electron chi connectivity index (χ4n) is 2.54. The number of rotatable bonds is 5. The molecule has 1 aromatic carbocycles. The zero-order valence-electron chi connectivity index (χ0n) is 12.0. The lowest BCUT2D eigenvalue weighted by molar-refractivity contribution is -0.124. The molecule has 0 N–H and O–H groups in total. The molecule has 2 rings (SSSR count). The number of Topliss-reactive ketones (excluding diaryl/α,β-unsaturated/α-hetero) is 1. The van der Waals surface area contributed by atoms with Gasteiger partial charge in [0.05, 0.1) is 6.61 Å². The zero-order valence-corrected chi connectivity index (χ0v) is 12.0. The maximum absolute atomic E-state index is 11.8. The highest BCUT2D eigenvalue weighted by Crippen LogP contribution is 2.25. The Labute approximate surface area is 116 Å². The monoisotopic (exact) mass is 260 g/mol. The summed E-state index contributed by atoms with van der Waals surface area (Å²) in [6, 6.07) is 8.23. The average Bonchev–Trinajstić information content (AvgIpc) is 2.40. The molecule has 0 spiro atoms. The molecule has 0 heterocycles. The van der Waals surface area contributed by atoms with Crippen molar-refractivity contribution in [3.05, 3.63) is 29.8 Å². The summed E-state index contributed by atoms with van der Waals surface area (Å²) in [5, 5.41) is 0. The Morgan fingerprint density at radius 3 is 2.58 bits per heavy atom. The minimum Gasteiger partial charge on any atom is -0.493 e. The molecular weight excluding hydrogens is 236 g/mol. The molecule has 1 saturated carbocycles. The van der Waals surface area contributed by atoms with E-state index in [1.807, 2.05) is 12.1 Å². The first-order chi connectivity index (χ1) is 9.15. The van der Waals surface area contributed by atoms with E-state index in [0.717, 1.165) is 38.0 Å². The molecule has 1 atom stereocenters. The van der Waals surface area contributed by atoms with E-state index in [4.69, 9.17) is 4.74 Å². The second-order valence-corrected chi connectivity index (χ2v) is 5.96. The number of hydrogen-bond acceptors (Lipinski definition) is 2. The van der Waals surface area contributed by atoms with Crippen molar-refractivity contribution in [2.24, 2.45) is 11.8 Å². The summed E-state index contributed by atoms with van der Waals surface area (Å²) in [4.78, 5) is 11.8. The molecule has 0 aliphatic heterocycles. The van der Waals surface area contributed by atoms with E-state index in [2.05, 4.69) is 26.0 Å². The van der Waals surface area contributed by atoms with E-state index in [1.165, 1.54) is 12.0 Å². The Bertz CT molecular complexity index is 406. The lowest BCUT2D eigenvalue weighted by atomic mass is 9.84. The van der Waals surface area contributed by atoms with Gasteiger partial charge in [-0.1, -0.05) is 32.4 Å². The normalized spacial score (nSPS) is 19.7. The smallest absolute Gasteiger partial charge is 0.136 e. The van der Waals surface area contributed by atoms with Crippen molar-refractivity contribution in [3.63, 3.8) is 0 Å². The van der Waals surface area contributed by atoms with Crippen LogP contribution in [0.3, 0.4) is 0 Å². The van der Waals surface area contributed by atoms with Crippen LogP contribution in [0.5, 0.6) is 5.75 Å². The van der Waals surface area contributed by atoms with Crippen LogP contribution in [0.2, 0.25) is 0 Å². The van der Waals surface area contributed by atoms with Gasteiger partial charge in [0, 0.05) is 12.3 Å². The third-order valence-corrected chi connectivity index (χ3v) is 3.67. The lowest BCUT2D eigenvalue weighted by Gasteiger charge is -2.20. The molecule has 2 heteroatoms. The van der Waals surface area contributed by atoms with Crippen molar-refractivity contribution in [1.29, 1.82) is 0 Å². The Morgan fingerprint density at radius 1 is 1.21 bits per heavy atom. The summed E-state index contributed by atoms with van der Waals surface area (Å²) in [5.41, 5.74) is 1.25. The number of ether oxygens (including phenoxy) is 1. The highest BCUT2D eigenvalue weighted by molar-refractivity contribution is 5.81. The summed E-state index contributed by atoms with van der Waals surface area (Å²) in [7, 11) is 0. The Kier molecular flexibility index (Phi) is 5.00. The third-order valence-electron chi connectivity index (χ3n) is 3.67. The van der Waals surface area contributed by atoms with Crippen LogP contribution in [0.15, 0.2) is 24.3 Å². The van der Waals surface area contributed by atoms with E-state index in [1.54, 1.807) is 0 Å². The largest absolute Gasteiger partial charge is 0.493 e. The van der Waals surface area contributed by atoms with Crippen LogP contribution in [0.4, 0.5) is 0 Å². The Balaban J connectivity index is 1.89. The SMILES string of the molecule is CC(C)COc1ccc(CC2CCCCC2=O)cc1. The van der Waals surface area contributed by atoms with Crippen LogP contribution in [0.25, 0.3) is 0 Å². The fraction of sp³-hybridized carbons (Fsp3) is 0.588. The number of carbonyl (C=O) groups is 1. The molecule has 19 heavy (non-hydrogen) atoms. The van der Waals surface area contributed by atoms with Crippen LogP contribution in [-0.2, 0) is 11.2 Å². The van der Waals surface area contributed by atoms with E-state index < -0.39 is 0 Å². The fourth-order valence-corrected chi connectivity index (χ4v) is 2.54. The van der Waals surface area contributed by atoms with Crippen molar-refractivity contribution in [2.45, 2.75) is 46.0 Å². The molecule has 2 nitrogen and oxygen atoms in total. The van der Waals surface area contributed by atoms with Gasteiger partial charge < -0.3 is 4.74 Å². The molecule has 1 fully saturated rings. The van der Waals surface area contributed by atoms with Gasteiger partial charge in [-0.25, -0.2) is 0 Å². The average molecular weight is 260 g/mol. The second kappa shape index (κ2) is 6.74. The Hall–Kier alpha value is -1.31. The highest BCUT2D eigenvalue weighted by Gasteiger charge is 2.22. The molecule has 0 saturated heterocycles. The maximum Gasteiger partial charge on any atom is 0.136 e. The zero-order chi connectivity index (χ0) is 13.7. The minimum atomic E-state index is 0.246. The van der Waals surface area contributed by atoms with Crippen LogP contribution in [0.1, 0.15) is 45.1 Å². The predicted octanol–water partition coefficient (Wildman–Crippen LogP) is 4.02. The quantitative estimate of drug-likeness (QED) is 0.799. The van der Waals surface area contributed by atoms with E-state index in [-0.39, 0.29) is 5.92 Å². The summed E-state index contributed by atoms with van der Waals surface area (Å²) in [6.07, 6.45) is 5.01. The van der Waals surface area contributed by atoms with Gasteiger partial charge in [0.2, 0.25) is 0 Å². The predicted molar refractivity (Wildman–Crippen MR) is 77.4 cm³/mol. The first-order valence-corrected chi connectivity index (χ1v) is 7.39. The second-order valence-electron chi connectivity index (χ2n) is 5.96. The number of carbonyl (C=O) groups excluding carboxylic acids is 1. The van der Waals surface area contributed by atoms with Crippen molar-refractivity contribution in [1.82, 2.24) is 0 Å². The molecule has 1 aromatic rings. The standard InChI is InChI=1S/C17H24O2/c1-13(2)12-19-16-9-7-14(8-10-16)11-15-5-3-4-6-17(15)18/h7-10,13,15H,3-6,11-12H2,1-2H3. The van der Waals surface area contributed by atoms with Gasteiger partial charge in [-0.2, -0.15) is 0 Å². The summed E-state index contributed by atoms with van der Waals surface area (Å²) < 4.78 is 5.67. The Morgan fingerprint density at radius 2 is 1.95 bits per heavy atom. The molecular formula is C17H24O2. The van der Waals surface area contributed by atoms with E-state index in [0.29, 0.717) is 11.7 Å². The van der Waals surface area contributed by atoms with Gasteiger partial charge in [0.1, 0.15) is 11.5 Å². The highest BCUT2D eigenvalue weighted by atomic mass is 16.5. The van der Waals surface area contributed by atoms with Gasteiger partial charge >= 0.3 is 0 Å². The van der Waals surface area contributed by atoms with Crippen molar-refractivity contribution < 1.29 is 9.53 Å². The summed E-state index contributed by atoms with van der Waals surface area (Å²) in [6.45, 7) is 5.03. The molecule has 0 bridgehead atoms. The van der Waals surface area contributed by atoms with Gasteiger partial charge in [-0.15, -0.1) is 0 Å². The van der Waals surface area contributed by atoms with Crippen LogP contribution < -0.4 is 4.74 Å². The first kappa shape index (κ1) is 14.1. The van der Waals surface area contributed by atoms with Crippen molar-refractivity contribution >= 4 is 5.78 Å². The molecule has 0 amide bonds. The van der Waals surface area contributed by atoms with Crippen molar-refractivity contribution in [3.8, 4) is 5.75 Å². The van der Waals surface area contributed by atoms with Gasteiger partial charge in [0.25, 0.3) is 0 Å². The van der Waals surface area contributed by atoms with Gasteiger partial charge in [-0.3, -0.25) is 4.79 Å². The van der Waals surface area contributed by atoms with Crippen LogP contribution >= 0.6 is 0 Å². The third kappa shape index (κ3) is 4.38. The van der Waals surface area contributed by atoms with Crippen molar-refractivity contribution in [2.75, 3.05) is 6.61 Å². The van der Waals surface area contributed by atoms with Crippen LogP contribution in [-0.4, -0.2) is 12.4 Å². The molecule has 104 valence electrons. The minimum absolute atomic E-state index is 0.246. The van der Waals surface area contributed by atoms with E-state index >= 15 is 0 Å². The van der Waals surface area contributed by atoms with Crippen LogP contribution in [0, 0.1) is 11.8 Å². The number of hydrogen-bond donors (Lipinski definition) is 0. The lowest BCUT2D eigenvalue weighted by Crippen LogP contribution is -2.20. The molecule has 1 aliphatic rings. The topological polar surface area (TPSA) is 26.3 Å². The molecule has 1 unspecified atom stereocenters. The molecule has 0 aromatic heterocycles. The van der Waals surface area contributed by atoms with Gasteiger partial charge in [0.15, 0.2) is 0 Å². The van der Waals surface area contributed by atoms with Gasteiger partial charge in [-0.05, 0) is 42.9 Å². The maximum atomic E-state index is 11.8.